The van der Waals surface area contributed by atoms with E-state index in [1.165, 1.54) is 11.3 Å². The Morgan fingerprint density at radius 1 is 1.33 bits per heavy atom. The summed E-state index contributed by atoms with van der Waals surface area (Å²) < 4.78 is 0. The summed E-state index contributed by atoms with van der Waals surface area (Å²) in [4.78, 5) is 13.7. The van der Waals surface area contributed by atoms with E-state index in [-0.39, 0.29) is 11.9 Å². The maximum Gasteiger partial charge on any atom is 0.263 e. The van der Waals surface area contributed by atoms with Gasteiger partial charge in [0.05, 0.1) is 11.4 Å². The highest BCUT2D eigenvalue weighted by atomic mass is 32.1. The molecule has 3 N–H and O–H groups in total. The number of anilines is 1. The first-order chi connectivity index (χ1) is 9.99. The van der Waals surface area contributed by atoms with Crippen LogP contribution in [-0.4, -0.2) is 22.1 Å². The minimum atomic E-state index is -0.104. The van der Waals surface area contributed by atoms with Gasteiger partial charge in [0.1, 0.15) is 9.71 Å². The average molecular weight is 306 g/mol. The number of nitrogens with one attached hydrogen (secondary N) is 1. The quantitative estimate of drug-likeness (QED) is 0.889. The topological polar surface area (TPSA) is 80.9 Å². The van der Waals surface area contributed by atoms with Crippen LogP contribution in [0, 0.1) is 13.8 Å². The molecule has 0 radical (unpaired) electrons. The van der Waals surface area contributed by atoms with Crippen molar-refractivity contribution in [2.24, 2.45) is 0 Å². The molecule has 0 bridgehead atoms. The molecule has 5 nitrogen and oxygen atoms in total. The standard InChI is InChI=1S/C15H22N4OS/c1-5-7-10(6-2)17-14(20)13-12(16)11-8(3)9(4)18-19-15(11)21-13/h10H,5-7,16H2,1-4H3,(H,17,20). The number of carbonyl (C=O) groups is 1. The zero-order valence-electron chi connectivity index (χ0n) is 13.0. The van der Waals surface area contributed by atoms with E-state index in [1.807, 2.05) is 13.8 Å². The molecule has 6 heteroatoms. The number of rotatable bonds is 5. The molecule has 1 atom stereocenters. The number of hydrogen-bond donors (Lipinski definition) is 2. The zero-order valence-corrected chi connectivity index (χ0v) is 13.8. The van der Waals surface area contributed by atoms with Gasteiger partial charge in [0, 0.05) is 11.4 Å². The summed E-state index contributed by atoms with van der Waals surface area (Å²) in [6.07, 6.45) is 2.94. The largest absolute Gasteiger partial charge is 0.397 e. The molecule has 2 aromatic rings. The fourth-order valence-corrected chi connectivity index (χ4v) is 3.39. The van der Waals surface area contributed by atoms with Crippen LogP contribution in [0.5, 0.6) is 0 Å². The molecule has 114 valence electrons. The van der Waals surface area contributed by atoms with Crippen molar-refractivity contribution in [1.82, 2.24) is 15.5 Å². The Balaban J connectivity index is 2.36. The number of carbonyl (C=O) groups excluding carboxylic acids is 1. The number of nitrogen functional groups attached to an aromatic ring is 1. The molecule has 0 spiro atoms. The summed E-state index contributed by atoms with van der Waals surface area (Å²) in [5, 5.41) is 12.2. The second kappa shape index (κ2) is 6.39. The number of aromatic nitrogens is 2. The van der Waals surface area contributed by atoms with Crippen molar-refractivity contribution in [1.29, 1.82) is 0 Å². The molecule has 2 heterocycles. The van der Waals surface area contributed by atoms with Crippen molar-refractivity contribution < 1.29 is 4.79 Å². The van der Waals surface area contributed by atoms with Gasteiger partial charge in [-0.15, -0.1) is 16.4 Å². The lowest BCUT2D eigenvalue weighted by atomic mass is 10.1. The summed E-state index contributed by atoms with van der Waals surface area (Å²) in [6.45, 7) is 8.05. The van der Waals surface area contributed by atoms with Gasteiger partial charge in [-0.3, -0.25) is 4.79 Å². The molecule has 0 aliphatic carbocycles. The summed E-state index contributed by atoms with van der Waals surface area (Å²) in [6, 6.07) is 0.195. The fraction of sp³-hybridized carbons (Fsp3) is 0.533. The first-order valence-corrected chi connectivity index (χ1v) is 8.13. The fourth-order valence-electron chi connectivity index (χ4n) is 2.39. The number of amides is 1. The second-order valence-electron chi connectivity index (χ2n) is 5.30. The average Bonchev–Trinajstić information content (AvgIpc) is 2.80. The monoisotopic (exact) mass is 306 g/mol. The Morgan fingerprint density at radius 2 is 2.05 bits per heavy atom. The zero-order chi connectivity index (χ0) is 15.6. The van der Waals surface area contributed by atoms with Crippen molar-refractivity contribution in [2.45, 2.75) is 53.0 Å². The summed E-state index contributed by atoms with van der Waals surface area (Å²) in [5.74, 6) is -0.104. The smallest absolute Gasteiger partial charge is 0.263 e. The van der Waals surface area contributed by atoms with Crippen molar-refractivity contribution in [3.63, 3.8) is 0 Å². The van der Waals surface area contributed by atoms with Gasteiger partial charge in [0.25, 0.3) is 5.91 Å². The van der Waals surface area contributed by atoms with Gasteiger partial charge in [-0.05, 0) is 32.3 Å². The van der Waals surface area contributed by atoms with E-state index in [4.69, 9.17) is 5.73 Å². The molecular weight excluding hydrogens is 284 g/mol. The molecule has 0 aliphatic heterocycles. The molecule has 2 rings (SSSR count). The third kappa shape index (κ3) is 3.00. The number of nitrogens with zero attached hydrogens (tertiary/aromatic N) is 2. The lowest BCUT2D eigenvalue weighted by molar-refractivity contribution is 0.0938. The van der Waals surface area contributed by atoms with Crippen LogP contribution in [0.15, 0.2) is 0 Å². The van der Waals surface area contributed by atoms with Crippen LogP contribution >= 0.6 is 11.3 Å². The maximum atomic E-state index is 12.4. The molecule has 1 unspecified atom stereocenters. The van der Waals surface area contributed by atoms with E-state index >= 15 is 0 Å². The Labute approximate surface area is 128 Å². The SMILES string of the molecule is CCCC(CC)NC(=O)c1sc2nnc(C)c(C)c2c1N. The number of nitrogens with two attached hydrogens (primary N) is 1. The minimum Gasteiger partial charge on any atom is -0.397 e. The van der Waals surface area contributed by atoms with Gasteiger partial charge >= 0.3 is 0 Å². The van der Waals surface area contributed by atoms with Crippen LogP contribution in [-0.2, 0) is 0 Å². The van der Waals surface area contributed by atoms with Crippen LogP contribution in [0.2, 0.25) is 0 Å². The van der Waals surface area contributed by atoms with E-state index < -0.39 is 0 Å². The Hall–Kier alpha value is -1.69. The molecule has 0 saturated heterocycles. The predicted octanol–water partition coefficient (Wildman–Crippen LogP) is 3.20. The van der Waals surface area contributed by atoms with Crippen LogP contribution < -0.4 is 11.1 Å². The van der Waals surface area contributed by atoms with Gasteiger partial charge in [-0.25, -0.2) is 0 Å². The van der Waals surface area contributed by atoms with Crippen LogP contribution in [0.3, 0.4) is 0 Å². The van der Waals surface area contributed by atoms with Gasteiger partial charge in [-0.1, -0.05) is 20.3 Å². The number of thiophene rings is 1. The number of hydrogen-bond acceptors (Lipinski definition) is 5. The molecule has 1 amide bonds. The lowest BCUT2D eigenvalue weighted by Crippen LogP contribution is -2.34. The first kappa shape index (κ1) is 15.7. The van der Waals surface area contributed by atoms with Crippen LogP contribution in [0.1, 0.15) is 54.0 Å². The third-order valence-electron chi connectivity index (χ3n) is 3.81. The van der Waals surface area contributed by atoms with E-state index in [0.717, 1.165) is 40.7 Å². The summed E-state index contributed by atoms with van der Waals surface area (Å²) in [7, 11) is 0. The highest BCUT2D eigenvalue weighted by molar-refractivity contribution is 7.21. The molecule has 0 saturated carbocycles. The Bertz CT molecular complexity index is 665. The third-order valence-corrected chi connectivity index (χ3v) is 4.90. The molecule has 21 heavy (non-hydrogen) atoms. The van der Waals surface area contributed by atoms with Crippen molar-refractivity contribution >= 4 is 33.1 Å². The molecule has 0 aromatic carbocycles. The number of aryl methyl sites for hydroxylation is 2. The summed E-state index contributed by atoms with van der Waals surface area (Å²) in [5.41, 5.74) is 8.54. The Morgan fingerprint density at radius 3 is 2.67 bits per heavy atom. The summed E-state index contributed by atoms with van der Waals surface area (Å²) >= 11 is 1.31. The Kier molecular flexibility index (Phi) is 4.77. The van der Waals surface area contributed by atoms with E-state index in [9.17, 15) is 4.79 Å². The first-order valence-electron chi connectivity index (χ1n) is 7.32. The molecule has 0 fully saturated rings. The van der Waals surface area contributed by atoms with Crippen LogP contribution in [0.4, 0.5) is 5.69 Å². The predicted molar refractivity (Wildman–Crippen MR) is 87.8 cm³/mol. The van der Waals surface area contributed by atoms with Crippen molar-refractivity contribution in [3.05, 3.63) is 16.1 Å². The second-order valence-corrected chi connectivity index (χ2v) is 6.30. The van der Waals surface area contributed by atoms with Gasteiger partial charge < -0.3 is 11.1 Å². The normalized spacial score (nSPS) is 12.6. The van der Waals surface area contributed by atoms with Crippen molar-refractivity contribution in [2.75, 3.05) is 5.73 Å². The van der Waals surface area contributed by atoms with Gasteiger partial charge in [-0.2, -0.15) is 5.10 Å². The van der Waals surface area contributed by atoms with Gasteiger partial charge in [0.2, 0.25) is 0 Å². The van der Waals surface area contributed by atoms with E-state index in [0.29, 0.717) is 10.6 Å². The van der Waals surface area contributed by atoms with E-state index in [1.54, 1.807) is 0 Å². The van der Waals surface area contributed by atoms with Gasteiger partial charge in [0.15, 0.2) is 0 Å². The minimum absolute atomic E-state index is 0.104. The highest BCUT2D eigenvalue weighted by Gasteiger charge is 2.21. The number of fused-ring (bicyclic) bond motifs is 1. The lowest BCUT2D eigenvalue weighted by Gasteiger charge is -2.15. The van der Waals surface area contributed by atoms with Crippen LogP contribution in [0.25, 0.3) is 10.2 Å². The molecule has 0 aliphatic rings. The van der Waals surface area contributed by atoms with E-state index in [2.05, 4.69) is 29.4 Å². The highest BCUT2D eigenvalue weighted by Crippen LogP contribution is 2.34. The van der Waals surface area contributed by atoms with Crippen molar-refractivity contribution in [3.8, 4) is 0 Å². The maximum absolute atomic E-state index is 12.4. The molecule has 2 aromatic heterocycles. The molecular formula is C15H22N4OS.